The number of aryl methyl sites for hydroxylation is 1. The Morgan fingerprint density at radius 2 is 2.29 bits per heavy atom. The summed E-state index contributed by atoms with van der Waals surface area (Å²) in [6, 6.07) is 8.30. The van der Waals surface area contributed by atoms with Crippen molar-refractivity contribution in [3.8, 4) is 0 Å². The molecule has 1 aliphatic heterocycles. The molecule has 0 spiro atoms. The molecule has 124 valence electrons. The highest BCUT2D eigenvalue weighted by Gasteiger charge is 2.27. The second-order valence-corrected chi connectivity index (χ2v) is 6.64. The molecule has 3 heterocycles. The van der Waals surface area contributed by atoms with E-state index in [1.54, 1.807) is 17.9 Å². The molecule has 1 N–H and O–H groups in total. The third-order valence-electron chi connectivity index (χ3n) is 4.60. The zero-order valence-corrected chi connectivity index (χ0v) is 14.1. The summed E-state index contributed by atoms with van der Waals surface area (Å²) >= 11 is 6.13. The molecule has 2 aromatic heterocycles. The van der Waals surface area contributed by atoms with Crippen molar-refractivity contribution >= 4 is 22.6 Å². The Balaban J connectivity index is 1.64. The summed E-state index contributed by atoms with van der Waals surface area (Å²) in [7, 11) is 1.79. The first kappa shape index (κ1) is 15.4. The van der Waals surface area contributed by atoms with Gasteiger partial charge in [0.05, 0.1) is 12.7 Å². The quantitative estimate of drug-likeness (QED) is 0.794. The smallest absolute Gasteiger partial charge is 0.262 e. The van der Waals surface area contributed by atoms with Crippen LogP contribution in [0.3, 0.4) is 0 Å². The van der Waals surface area contributed by atoms with Crippen LogP contribution in [0.2, 0.25) is 5.02 Å². The number of aromatic amines is 1. The molecule has 0 saturated carbocycles. The molecule has 1 aliphatic rings. The van der Waals surface area contributed by atoms with E-state index in [2.05, 4.69) is 26.0 Å². The first-order valence-electron chi connectivity index (χ1n) is 8.02. The van der Waals surface area contributed by atoms with Gasteiger partial charge in [-0.15, -0.1) is 0 Å². The van der Waals surface area contributed by atoms with Crippen LogP contribution in [0.25, 0.3) is 11.0 Å². The second kappa shape index (κ2) is 6.03. The molecule has 1 saturated heterocycles. The molecule has 0 unspecified atom stereocenters. The average Bonchev–Trinajstić information content (AvgIpc) is 3.15. The fourth-order valence-electron chi connectivity index (χ4n) is 3.45. The first-order valence-corrected chi connectivity index (χ1v) is 8.40. The van der Waals surface area contributed by atoms with Crippen LogP contribution >= 0.6 is 11.6 Å². The van der Waals surface area contributed by atoms with Crippen LogP contribution < -0.4 is 5.56 Å². The first-order chi connectivity index (χ1) is 11.6. The van der Waals surface area contributed by atoms with Crippen LogP contribution in [-0.2, 0) is 13.6 Å². The Kier molecular flexibility index (Phi) is 3.86. The van der Waals surface area contributed by atoms with Gasteiger partial charge in [0.25, 0.3) is 5.56 Å². The van der Waals surface area contributed by atoms with Crippen LogP contribution in [-0.4, -0.2) is 31.2 Å². The van der Waals surface area contributed by atoms with E-state index in [0.717, 1.165) is 24.4 Å². The van der Waals surface area contributed by atoms with E-state index in [0.29, 0.717) is 29.4 Å². The van der Waals surface area contributed by atoms with Crippen LogP contribution in [0.1, 0.15) is 30.3 Å². The number of benzene rings is 1. The Morgan fingerprint density at radius 3 is 3.12 bits per heavy atom. The molecule has 1 fully saturated rings. The molecule has 24 heavy (non-hydrogen) atoms. The van der Waals surface area contributed by atoms with E-state index >= 15 is 0 Å². The molecular weight excluding hydrogens is 326 g/mol. The molecule has 7 heteroatoms. The molecule has 4 rings (SSSR count). The lowest BCUT2D eigenvalue weighted by Crippen LogP contribution is -2.25. The lowest BCUT2D eigenvalue weighted by atomic mass is 10.0. The maximum atomic E-state index is 12.2. The van der Waals surface area contributed by atoms with Crippen molar-refractivity contribution in [1.82, 2.24) is 24.6 Å². The highest BCUT2D eigenvalue weighted by Crippen LogP contribution is 2.33. The fraction of sp³-hybridized carbons (Fsp3) is 0.353. The molecule has 6 nitrogen and oxygen atoms in total. The number of hydrogen-bond donors (Lipinski definition) is 1. The zero-order chi connectivity index (χ0) is 16.7. The monoisotopic (exact) mass is 343 g/mol. The topological polar surface area (TPSA) is 66.8 Å². The summed E-state index contributed by atoms with van der Waals surface area (Å²) < 4.78 is 1.63. The van der Waals surface area contributed by atoms with Gasteiger partial charge < -0.3 is 4.98 Å². The highest BCUT2D eigenvalue weighted by molar-refractivity contribution is 6.30. The van der Waals surface area contributed by atoms with E-state index in [9.17, 15) is 4.79 Å². The van der Waals surface area contributed by atoms with Gasteiger partial charge in [-0.3, -0.25) is 14.4 Å². The molecule has 3 aromatic rings. The lowest BCUT2D eigenvalue weighted by molar-refractivity contribution is 0.242. The SMILES string of the molecule is Cn1ncc2c(=O)[nH]c(CN3CCC[C@@H]3c3cccc(Cl)c3)nc21. The van der Waals surface area contributed by atoms with Crippen LogP contribution in [0.4, 0.5) is 0 Å². The largest absolute Gasteiger partial charge is 0.309 e. The van der Waals surface area contributed by atoms with Gasteiger partial charge in [0.2, 0.25) is 0 Å². The summed E-state index contributed by atoms with van der Waals surface area (Å²) in [6.07, 6.45) is 3.75. The molecule has 0 aliphatic carbocycles. The number of likely N-dealkylation sites (tertiary alicyclic amines) is 1. The number of nitrogens with zero attached hydrogens (tertiary/aromatic N) is 4. The van der Waals surface area contributed by atoms with Gasteiger partial charge in [-0.1, -0.05) is 23.7 Å². The van der Waals surface area contributed by atoms with Crippen molar-refractivity contribution in [3.63, 3.8) is 0 Å². The second-order valence-electron chi connectivity index (χ2n) is 6.20. The number of H-pyrrole nitrogens is 1. The third-order valence-corrected chi connectivity index (χ3v) is 4.84. The predicted molar refractivity (Wildman–Crippen MR) is 93.0 cm³/mol. The van der Waals surface area contributed by atoms with Gasteiger partial charge >= 0.3 is 0 Å². The summed E-state index contributed by atoms with van der Waals surface area (Å²) in [6.45, 7) is 1.58. The minimum Gasteiger partial charge on any atom is -0.309 e. The van der Waals surface area contributed by atoms with E-state index in [-0.39, 0.29) is 5.56 Å². The van der Waals surface area contributed by atoms with Gasteiger partial charge in [0.15, 0.2) is 5.65 Å². The van der Waals surface area contributed by atoms with Crippen LogP contribution in [0.15, 0.2) is 35.3 Å². The van der Waals surface area contributed by atoms with Gasteiger partial charge in [-0.05, 0) is 37.1 Å². The summed E-state index contributed by atoms with van der Waals surface area (Å²) in [5.74, 6) is 0.671. The van der Waals surface area contributed by atoms with Crippen LogP contribution in [0, 0.1) is 0 Å². The number of hydrogen-bond acceptors (Lipinski definition) is 4. The molecule has 0 amide bonds. The maximum absolute atomic E-state index is 12.2. The van der Waals surface area contributed by atoms with Crippen molar-refractivity contribution in [1.29, 1.82) is 0 Å². The minimum absolute atomic E-state index is 0.137. The van der Waals surface area contributed by atoms with Crippen molar-refractivity contribution < 1.29 is 0 Å². The van der Waals surface area contributed by atoms with E-state index in [4.69, 9.17) is 11.6 Å². The number of fused-ring (bicyclic) bond motifs is 1. The van der Waals surface area contributed by atoms with Crippen molar-refractivity contribution in [3.05, 3.63) is 57.2 Å². The Hall–Kier alpha value is -2.18. The number of halogens is 1. The third kappa shape index (κ3) is 2.72. The van der Waals surface area contributed by atoms with Crippen molar-refractivity contribution in [2.75, 3.05) is 6.54 Å². The minimum atomic E-state index is -0.137. The molecule has 1 aromatic carbocycles. The fourth-order valence-corrected chi connectivity index (χ4v) is 3.65. The summed E-state index contributed by atoms with van der Waals surface area (Å²) in [4.78, 5) is 22.0. The Bertz CT molecular complexity index is 948. The summed E-state index contributed by atoms with van der Waals surface area (Å²) in [5.41, 5.74) is 1.69. The molecule has 0 bridgehead atoms. The highest BCUT2D eigenvalue weighted by atomic mass is 35.5. The van der Waals surface area contributed by atoms with Gasteiger partial charge in [-0.25, -0.2) is 4.98 Å². The van der Waals surface area contributed by atoms with Gasteiger partial charge in [0.1, 0.15) is 11.2 Å². The number of nitrogens with one attached hydrogen (secondary N) is 1. The predicted octanol–water partition coefficient (Wildman–Crippen LogP) is 2.65. The van der Waals surface area contributed by atoms with Gasteiger partial charge in [0, 0.05) is 18.1 Å². The van der Waals surface area contributed by atoms with E-state index < -0.39 is 0 Å². The van der Waals surface area contributed by atoms with Gasteiger partial charge in [-0.2, -0.15) is 5.10 Å². The Labute approximate surface area is 144 Å². The van der Waals surface area contributed by atoms with Crippen molar-refractivity contribution in [2.45, 2.75) is 25.4 Å². The number of rotatable bonds is 3. The van der Waals surface area contributed by atoms with Crippen LogP contribution in [0.5, 0.6) is 0 Å². The Morgan fingerprint density at radius 1 is 1.42 bits per heavy atom. The molecular formula is C17H18ClN5O. The molecule has 0 radical (unpaired) electrons. The van der Waals surface area contributed by atoms with E-state index in [1.165, 1.54) is 5.56 Å². The average molecular weight is 344 g/mol. The summed E-state index contributed by atoms with van der Waals surface area (Å²) in [5, 5.41) is 5.38. The zero-order valence-electron chi connectivity index (χ0n) is 13.4. The van der Waals surface area contributed by atoms with E-state index in [1.807, 2.05) is 18.2 Å². The standard InChI is InChI=1S/C17H18ClN5O/c1-22-16-13(9-19-22)17(24)21-15(20-16)10-23-7-3-6-14(23)11-4-2-5-12(18)8-11/h2,4-5,8-9,14H,3,6-7,10H2,1H3,(H,20,21,24)/t14-/m1/s1. The number of aromatic nitrogens is 4. The normalized spacial score (nSPS) is 18.5. The molecule has 1 atom stereocenters. The van der Waals surface area contributed by atoms with Crippen molar-refractivity contribution in [2.24, 2.45) is 7.05 Å². The lowest BCUT2D eigenvalue weighted by Gasteiger charge is -2.24. The maximum Gasteiger partial charge on any atom is 0.262 e.